The molecule has 2 aromatic carbocycles. The van der Waals surface area contributed by atoms with Gasteiger partial charge in [-0.3, -0.25) is 0 Å². The van der Waals surface area contributed by atoms with E-state index in [-0.39, 0.29) is 12.6 Å². The van der Waals surface area contributed by atoms with Crippen molar-refractivity contribution in [1.29, 1.82) is 0 Å². The summed E-state index contributed by atoms with van der Waals surface area (Å²) in [6, 6.07) is 9.40. The van der Waals surface area contributed by atoms with E-state index in [2.05, 4.69) is 47.7 Å². The summed E-state index contributed by atoms with van der Waals surface area (Å²) in [6.45, 7) is 8.82. The van der Waals surface area contributed by atoms with E-state index in [4.69, 9.17) is 9.47 Å². The molecule has 0 aromatic heterocycles. The third kappa shape index (κ3) is 5.23. The first kappa shape index (κ1) is 20.1. The maximum atomic E-state index is 13.9. The van der Waals surface area contributed by atoms with Crippen molar-refractivity contribution >= 4 is 5.96 Å². The number of aryl methyl sites for hydroxylation is 2. The van der Waals surface area contributed by atoms with Crippen LogP contribution in [0.15, 0.2) is 35.3 Å². The first-order valence-electron chi connectivity index (χ1n) is 9.67. The van der Waals surface area contributed by atoms with Gasteiger partial charge < -0.3 is 20.1 Å². The predicted octanol–water partition coefficient (Wildman–Crippen LogP) is 3.61. The second-order valence-corrected chi connectivity index (χ2v) is 6.97. The highest BCUT2D eigenvalue weighted by Crippen LogP contribution is 2.29. The number of aliphatic imine (C=N–C) groups is 1. The van der Waals surface area contributed by atoms with Crippen LogP contribution in [0.1, 0.15) is 34.7 Å². The Kier molecular flexibility index (Phi) is 6.87. The molecule has 2 N–H and O–H groups in total. The molecule has 0 bridgehead atoms. The van der Waals surface area contributed by atoms with Crippen molar-refractivity contribution in [2.24, 2.45) is 4.99 Å². The molecular formula is C22H28FN3O2. The van der Waals surface area contributed by atoms with Crippen LogP contribution in [0.3, 0.4) is 0 Å². The smallest absolute Gasteiger partial charge is 0.191 e. The van der Waals surface area contributed by atoms with Crippen LogP contribution >= 0.6 is 0 Å². The number of halogens is 1. The molecule has 28 heavy (non-hydrogen) atoms. The van der Waals surface area contributed by atoms with Gasteiger partial charge in [-0.15, -0.1) is 0 Å². The van der Waals surface area contributed by atoms with E-state index in [9.17, 15) is 4.39 Å². The fourth-order valence-corrected chi connectivity index (χ4v) is 3.29. The molecule has 1 heterocycles. The molecule has 0 saturated heterocycles. The Morgan fingerprint density at radius 2 is 2.00 bits per heavy atom. The van der Waals surface area contributed by atoms with Crippen LogP contribution in [-0.2, 0) is 24.3 Å². The van der Waals surface area contributed by atoms with Crippen LogP contribution in [0.5, 0.6) is 5.75 Å². The molecule has 0 fully saturated rings. The summed E-state index contributed by atoms with van der Waals surface area (Å²) in [4.78, 5) is 4.68. The lowest BCUT2D eigenvalue weighted by atomic mass is 10.1. The van der Waals surface area contributed by atoms with Gasteiger partial charge >= 0.3 is 0 Å². The second-order valence-electron chi connectivity index (χ2n) is 6.97. The van der Waals surface area contributed by atoms with Crippen molar-refractivity contribution < 1.29 is 13.9 Å². The molecule has 1 aliphatic rings. The number of nitrogens with zero attached hydrogens (tertiary/aromatic N) is 1. The maximum Gasteiger partial charge on any atom is 0.191 e. The minimum Gasteiger partial charge on any atom is -0.467 e. The van der Waals surface area contributed by atoms with Gasteiger partial charge in [-0.2, -0.15) is 0 Å². The highest BCUT2D eigenvalue weighted by Gasteiger charge is 2.16. The highest BCUT2D eigenvalue weighted by molar-refractivity contribution is 5.79. The molecule has 0 atom stereocenters. The summed E-state index contributed by atoms with van der Waals surface area (Å²) in [5, 5.41) is 6.58. The van der Waals surface area contributed by atoms with Crippen molar-refractivity contribution in [3.05, 3.63) is 64.0 Å². The Hall–Kier alpha value is -2.60. The zero-order chi connectivity index (χ0) is 19.9. The number of nitrogens with one attached hydrogen (secondary N) is 2. The zero-order valence-corrected chi connectivity index (χ0v) is 16.8. The Morgan fingerprint density at radius 1 is 1.14 bits per heavy atom. The number of hydrogen-bond donors (Lipinski definition) is 2. The Balaban J connectivity index is 1.63. The summed E-state index contributed by atoms with van der Waals surface area (Å²) < 4.78 is 24.7. The highest BCUT2D eigenvalue weighted by atomic mass is 19.1. The van der Waals surface area contributed by atoms with E-state index in [0.29, 0.717) is 26.1 Å². The van der Waals surface area contributed by atoms with Gasteiger partial charge in [-0.1, -0.05) is 23.8 Å². The fraction of sp³-hybridized carbons (Fsp3) is 0.409. The Morgan fingerprint density at radius 3 is 2.79 bits per heavy atom. The van der Waals surface area contributed by atoms with Crippen molar-refractivity contribution in [2.75, 3.05) is 19.9 Å². The molecule has 2 aromatic rings. The Labute approximate surface area is 166 Å². The van der Waals surface area contributed by atoms with E-state index >= 15 is 0 Å². The summed E-state index contributed by atoms with van der Waals surface area (Å²) in [6.07, 6.45) is 0.633. The number of guanidine groups is 1. The van der Waals surface area contributed by atoms with E-state index in [1.807, 2.05) is 6.92 Å². The predicted molar refractivity (Wildman–Crippen MR) is 109 cm³/mol. The van der Waals surface area contributed by atoms with Crippen LogP contribution < -0.4 is 15.4 Å². The number of rotatable bonds is 6. The summed E-state index contributed by atoms with van der Waals surface area (Å²) >= 11 is 0. The molecule has 0 amide bonds. The van der Waals surface area contributed by atoms with Gasteiger partial charge in [-0.25, -0.2) is 9.38 Å². The standard InChI is InChI=1S/C22H28FN3O2/c1-4-24-22(26-12-18-6-5-15(2)9-16(18)3)25-8-7-17-10-20(23)11-19-13-27-14-28-21(17)19/h5-6,9-11H,4,7-8,12-14H2,1-3H3,(H2,24,25,26). The second kappa shape index (κ2) is 9.55. The first-order valence-corrected chi connectivity index (χ1v) is 9.67. The SMILES string of the molecule is CCNC(=NCc1ccc(C)cc1C)NCCc1cc(F)cc2c1OCOC2. The topological polar surface area (TPSA) is 54.9 Å². The lowest BCUT2D eigenvalue weighted by molar-refractivity contribution is -0.0172. The number of fused-ring (bicyclic) bond motifs is 1. The summed E-state index contributed by atoms with van der Waals surface area (Å²) in [7, 11) is 0. The van der Waals surface area contributed by atoms with Gasteiger partial charge in [-0.05, 0) is 56.0 Å². The van der Waals surface area contributed by atoms with Crippen molar-refractivity contribution in [1.82, 2.24) is 10.6 Å². The lowest BCUT2D eigenvalue weighted by Gasteiger charge is -2.21. The molecule has 0 unspecified atom stereocenters. The molecule has 6 heteroatoms. The minimum absolute atomic E-state index is 0.207. The van der Waals surface area contributed by atoms with Crippen molar-refractivity contribution in [3.8, 4) is 5.75 Å². The molecule has 3 rings (SSSR count). The van der Waals surface area contributed by atoms with Gasteiger partial charge in [0.2, 0.25) is 0 Å². The maximum absolute atomic E-state index is 13.9. The number of ether oxygens (including phenoxy) is 2. The number of hydrogen-bond acceptors (Lipinski definition) is 3. The lowest BCUT2D eigenvalue weighted by Crippen LogP contribution is -2.38. The van der Waals surface area contributed by atoms with E-state index in [1.165, 1.54) is 28.8 Å². The molecular weight excluding hydrogens is 357 g/mol. The molecule has 150 valence electrons. The zero-order valence-electron chi connectivity index (χ0n) is 16.8. The van der Waals surface area contributed by atoms with Gasteiger partial charge in [0.1, 0.15) is 11.6 Å². The summed E-state index contributed by atoms with van der Waals surface area (Å²) in [5.74, 6) is 1.22. The van der Waals surface area contributed by atoms with Gasteiger partial charge in [0.05, 0.1) is 13.2 Å². The molecule has 0 spiro atoms. The molecule has 5 nitrogen and oxygen atoms in total. The van der Waals surface area contributed by atoms with Crippen molar-refractivity contribution in [2.45, 2.75) is 40.3 Å². The van der Waals surface area contributed by atoms with Crippen LogP contribution in [-0.4, -0.2) is 25.8 Å². The fourth-order valence-electron chi connectivity index (χ4n) is 3.29. The molecule has 0 saturated carbocycles. The van der Waals surface area contributed by atoms with Crippen LogP contribution in [0, 0.1) is 19.7 Å². The van der Waals surface area contributed by atoms with E-state index < -0.39 is 0 Å². The average molecular weight is 385 g/mol. The normalized spacial score (nSPS) is 13.6. The Bertz CT molecular complexity index is 852. The van der Waals surface area contributed by atoms with Crippen LogP contribution in [0.4, 0.5) is 4.39 Å². The molecule has 1 aliphatic heterocycles. The van der Waals surface area contributed by atoms with E-state index in [1.54, 1.807) is 0 Å². The van der Waals surface area contributed by atoms with Gasteiger partial charge in [0, 0.05) is 18.7 Å². The largest absolute Gasteiger partial charge is 0.467 e. The summed E-state index contributed by atoms with van der Waals surface area (Å²) in [5.41, 5.74) is 5.30. The third-order valence-corrected chi connectivity index (χ3v) is 4.69. The molecule has 0 aliphatic carbocycles. The van der Waals surface area contributed by atoms with Crippen molar-refractivity contribution in [3.63, 3.8) is 0 Å². The van der Waals surface area contributed by atoms with Crippen LogP contribution in [0.25, 0.3) is 0 Å². The van der Waals surface area contributed by atoms with Gasteiger partial charge in [0.15, 0.2) is 12.8 Å². The molecule has 0 radical (unpaired) electrons. The first-order chi connectivity index (χ1) is 13.6. The number of benzene rings is 2. The monoisotopic (exact) mass is 385 g/mol. The van der Waals surface area contributed by atoms with Gasteiger partial charge in [0.25, 0.3) is 0 Å². The third-order valence-electron chi connectivity index (χ3n) is 4.69. The van der Waals surface area contributed by atoms with Crippen LogP contribution in [0.2, 0.25) is 0 Å². The quantitative estimate of drug-likeness (QED) is 0.589. The van der Waals surface area contributed by atoms with E-state index in [0.717, 1.165) is 29.4 Å². The average Bonchev–Trinajstić information content (AvgIpc) is 2.67. The minimum atomic E-state index is -0.265.